The monoisotopic (exact) mass is 519 g/mol. The Hall–Kier alpha value is -4.80. The van der Waals surface area contributed by atoms with E-state index in [1.165, 1.54) is 25.3 Å². The number of fused-ring (bicyclic) bond motifs is 1. The molecule has 2 aliphatic rings. The number of rotatable bonds is 8. The molecule has 196 valence electrons. The molecule has 2 aromatic rings. The van der Waals surface area contributed by atoms with Gasteiger partial charge in [-0.3, -0.25) is 24.6 Å². The maximum Gasteiger partial charge on any atom is 0.336 e. The molecule has 1 N–H and O–H groups in total. The Balaban J connectivity index is 1.80. The predicted octanol–water partition coefficient (Wildman–Crippen LogP) is 3.23. The summed E-state index contributed by atoms with van der Waals surface area (Å²) in [4.78, 5) is 63.9. The van der Waals surface area contributed by atoms with Crippen molar-refractivity contribution in [2.24, 2.45) is 0 Å². The molecule has 2 heterocycles. The number of hydrogen-bond acceptors (Lipinski definition) is 9. The van der Waals surface area contributed by atoms with Gasteiger partial charge in [-0.1, -0.05) is 24.3 Å². The third-order valence-electron chi connectivity index (χ3n) is 6.42. The average Bonchev–Trinajstić information content (AvgIpc) is 3.15. The van der Waals surface area contributed by atoms with Crippen LogP contribution in [-0.4, -0.2) is 53.8 Å². The number of nitro groups is 1. The second-order valence-corrected chi connectivity index (χ2v) is 8.61. The summed E-state index contributed by atoms with van der Waals surface area (Å²) in [6.07, 6.45) is 0.0385. The van der Waals surface area contributed by atoms with Crippen molar-refractivity contribution in [2.45, 2.75) is 26.2 Å². The van der Waals surface area contributed by atoms with Gasteiger partial charge < -0.3 is 14.8 Å². The van der Waals surface area contributed by atoms with Crippen LogP contribution in [0.4, 0.5) is 5.69 Å². The van der Waals surface area contributed by atoms with Crippen LogP contribution < -0.4 is 5.32 Å². The molecule has 0 saturated heterocycles. The lowest BCUT2D eigenvalue weighted by Gasteiger charge is -2.31. The van der Waals surface area contributed by atoms with E-state index in [-0.39, 0.29) is 36.4 Å². The molecular formula is C27H25N3O8. The molecular weight excluding hydrogens is 494 g/mol. The molecule has 11 heteroatoms. The minimum absolute atomic E-state index is 0.0337. The van der Waals surface area contributed by atoms with Gasteiger partial charge in [0.15, 0.2) is 0 Å². The molecule has 0 aliphatic carbocycles. The molecule has 1 unspecified atom stereocenters. The number of esters is 2. The molecule has 2 aromatic carbocycles. The van der Waals surface area contributed by atoms with Crippen LogP contribution in [0.25, 0.3) is 0 Å². The molecule has 0 fully saturated rings. The van der Waals surface area contributed by atoms with Crippen LogP contribution in [0.5, 0.6) is 0 Å². The average molecular weight is 520 g/mol. The zero-order chi connectivity index (χ0) is 27.6. The van der Waals surface area contributed by atoms with Crippen molar-refractivity contribution >= 4 is 29.4 Å². The lowest BCUT2D eigenvalue weighted by Crippen LogP contribution is -2.36. The first kappa shape index (κ1) is 26.3. The number of methoxy groups -OCH3 is 1. The summed E-state index contributed by atoms with van der Waals surface area (Å²) >= 11 is 0. The highest BCUT2D eigenvalue weighted by Gasteiger charge is 2.40. The number of dihydropyridines is 1. The number of nitrogens with one attached hydrogen (secondary N) is 1. The molecule has 4 rings (SSSR count). The van der Waals surface area contributed by atoms with Gasteiger partial charge in [0.2, 0.25) is 0 Å². The Morgan fingerprint density at radius 3 is 2.26 bits per heavy atom. The number of hydrogen-bond donors (Lipinski definition) is 1. The molecule has 11 nitrogen and oxygen atoms in total. The fraction of sp³-hybridized carbons (Fsp3) is 0.259. The second-order valence-electron chi connectivity index (χ2n) is 8.61. The highest BCUT2D eigenvalue weighted by atomic mass is 16.6. The van der Waals surface area contributed by atoms with E-state index in [2.05, 4.69) is 5.32 Å². The first-order chi connectivity index (χ1) is 18.2. The van der Waals surface area contributed by atoms with Crippen molar-refractivity contribution in [2.75, 3.05) is 20.3 Å². The number of non-ortho nitro benzene ring substituents is 1. The van der Waals surface area contributed by atoms with E-state index in [9.17, 15) is 29.3 Å². The molecule has 0 aromatic heterocycles. The zero-order valence-corrected chi connectivity index (χ0v) is 21.0. The van der Waals surface area contributed by atoms with Gasteiger partial charge in [0, 0.05) is 36.5 Å². The van der Waals surface area contributed by atoms with Gasteiger partial charge in [-0.15, -0.1) is 0 Å². The third-order valence-corrected chi connectivity index (χ3v) is 6.42. The topological polar surface area (TPSA) is 145 Å². The molecule has 0 saturated carbocycles. The number of carbonyl (C=O) groups is 4. The van der Waals surface area contributed by atoms with Crippen LogP contribution in [0.15, 0.2) is 71.1 Å². The maximum absolute atomic E-state index is 13.3. The zero-order valence-electron chi connectivity index (χ0n) is 21.0. The largest absolute Gasteiger partial charge is 0.466 e. The SMILES string of the molecule is CCOC(=O)C1=C(CCN2C(=O)c3ccccc3C2=O)NC(C)=C(C(=O)OC)C1c1cccc([N+](=O)[O-])c1. The van der Waals surface area contributed by atoms with Crippen LogP contribution in [0.2, 0.25) is 0 Å². The van der Waals surface area contributed by atoms with Gasteiger partial charge in [0.1, 0.15) is 0 Å². The summed E-state index contributed by atoms with van der Waals surface area (Å²) in [5, 5.41) is 14.5. The van der Waals surface area contributed by atoms with Crippen LogP contribution >= 0.6 is 0 Å². The van der Waals surface area contributed by atoms with Gasteiger partial charge in [0.05, 0.1) is 46.8 Å². The van der Waals surface area contributed by atoms with Crippen molar-refractivity contribution in [1.82, 2.24) is 10.2 Å². The molecule has 0 spiro atoms. The lowest BCUT2D eigenvalue weighted by atomic mass is 9.79. The highest BCUT2D eigenvalue weighted by molar-refractivity contribution is 6.21. The predicted molar refractivity (Wildman–Crippen MR) is 134 cm³/mol. The summed E-state index contributed by atoms with van der Waals surface area (Å²) in [7, 11) is 1.19. The van der Waals surface area contributed by atoms with E-state index in [0.717, 1.165) is 4.90 Å². The molecule has 2 amide bonds. The highest BCUT2D eigenvalue weighted by Crippen LogP contribution is 2.41. The number of nitrogens with zero attached hydrogens (tertiary/aromatic N) is 2. The van der Waals surface area contributed by atoms with Crippen molar-refractivity contribution in [3.8, 4) is 0 Å². The van der Waals surface area contributed by atoms with E-state index in [1.54, 1.807) is 44.2 Å². The smallest absolute Gasteiger partial charge is 0.336 e. The second kappa shape index (κ2) is 10.7. The van der Waals surface area contributed by atoms with Gasteiger partial charge in [-0.25, -0.2) is 9.59 Å². The van der Waals surface area contributed by atoms with Crippen molar-refractivity contribution in [3.05, 3.63) is 97.9 Å². The fourth-order valence-electron chi connectivity index (χ4n) is 4.74. The lowest BCUT2D eigenvalue weighted by molar-refractivity contribution is -0.384. The van der Waals surface area contributed by atoms with E-state index in [4.69, 9.17) is 9.47 Å². The summed E-state index contributed by atoms with van der Waals surface area (Å²) in [6.45, 7) is 3.21. The normalized spacial score (nSPS) is 16.8. The summed E-state index contributed by atoms with van der Waals surface area (Å²) in [6, 6.07) is 12.1. The summed E-state index contributed by atoms with van der Waals surface area (Å²) in [5.41, 5.74) is 1.48. The number of allylic oxidation sites excluding steroid dienone is 1. The number of benzene rings is 2. The van der Waals surface area contributed by atoms with Gasteiger partial charge in [-0.2, -0.15) is 0 Å². The Morgan fingerprint density at radius 2 is 1.68 bits per heavy atom. The minimum Gasteiger partial charge on any atom is -0.466 e. The molecule has 38 heavy (non-hydrogen) atoms. The minimum atomic E-state index is -1.06. The van der Waals surface area contributed by atoms with Crippen LogP contribution in [0.3, 0.4) is 0 Å². The number of amides is 2. The number of ether oxygens (including phenoxy) is 2. The third kappa shape index (κ3) is 4.65. The van der Waals surface area contributed by atoms with E-state index < -0.39 is 34.6 Å². The van der Waals surface area contributed by atoms with Crippen molar-refractivity contribution < 1.29 is 33.6 Å². The Bertz CT molecular complexity index is 1390. The summed E-state index contributed by atoms with van der Waals surface area (Å²) < 4.78 is 10.3. The Labute approximate surface area is 217 Å². The van der Waals surface area contributed by atoms with E-state index >= 15 is 0 Å². The Kier molecular flexibility index (Phi) is 7.38. The van der Waals surface area contributed by atoms with E-state index in [1.807, 2.05) is 0 Å². The van der Waals surface area contributed by atoms with E-state index in [0.29, 0.717) is 28.1 Å². The van der Waals surface area contributed by atoms with Gasteiger partial charge in [0.25, 0.3) is 17.5 Å². The first-order valence-corrected chi connectivity index (χ1v) is 11.8. The van der Waals surface area contributed by atoms with Crippen LogP contribution in [0.1, 0.15) is 52.5 Å². The van der Waals surface area contributed by atoms with Gasteiger partial charge in [-0.05, 0) is 31.5 Å². The quantitative estimate of drug-likeness (QED) is 0.240. The van der Waals surface area contributed by atoms with Crippen molar-refractivity contribution in [1.29, 1.82) is 0 Å². The fourth-order valence-corrected chi connectivity index (χ4v) is 4.74. The molecule has 0 radical (unpaired) electrons. The number of nitro benzene ring substituents is 1. The summed E-state index contributed by atoms with van der Waals surface area (Å²) in [5.74, 6) is -3.43. The number of imide groups is 1. The molecule has 1 atom stereocenters. The van der Waals surface area contributed by atoms with Crippen LogP contribution in [-0.2, 0) is 19.1 Å². The maximum atomic E-state index is 13.3. The Morgan fingerprint density at radius 1 is 1.03 bits per heavy atom. The molecule has 2 aliphatic heterocycles. The standard InChI is InChI=1S/C27H25N3O8/c1-4-38-27(34)23-20(12-13-29-24(31)18-10-5-6-11-19(18)25(29)32)28-15(2)21(26(33)37-3)22(23)16-8-7-9-17(14-16)30(35)36/h5-11,14,22,28H,4,12-13H2,1-3H3. The number of carbonyl (C=O) groups excluding carboxylic acids is 4. The van der Waals surface area contributed by atoms with Crippen LogP contribution in [0, 0.1) is 10.1 Å². The first-order valence-electron chi connectivity index (χ1n) is 11.8. The van der Waals surface area contributed by atoms with Gasteiger partial charge >= 0.3 is 11.9 Å². The van der Waals surface area contributed by atoms with Crippen molar-refractivity contribution in [3.63, 3.8) is 0 Å². The molecule has 0 bridgehead atoms.